The van der Waals surface area contributed by atoms with Crippen LogP contribution < -0.4 is 5.73 Å². The molecule has 1 aromatic rings. The van der Waals surface area contributed by atoms with Gasteiger partial charge in [-0.05, 0) is 25.7 Å². The zero-order chi connectivity index (χ0) is 12.6. The van der Waals surface area contributed by atoms with Gasteiger partial charge in [0.15, 0.2) is 0 Å². The van der Waals surface area contributed by atoms with Crippen LogP contribution in [0.1, 0.15) is 36.0 Å². The van der Waals surface area contributed by atoms with E-state index in [0.29, 0.717) is 5.92 Å². The SMILES string of the molecule is Cc1nc(C(N)C2CCOC3(CCOC3)C2)cs1. The first kappa shape index (κ1) is 12.5. The van der Waals surface area contributed by atoms with Gasteiger partial charge in [0.25, 0.3) is 0 Å². The van der Waals surface area contributed by atoms with Crippen LogP contribution in [0, 0.1) is 12.8 Å². The van der Waals surface area contributed by atoms with E-state index >= 15 is 0 Å². The molecule has 5 heteroatoms. The van der Waals surface area contributed by atoms with Crippen molar-refractivity contribution in [3.05, 3.63) is 16.1 Å². The maximum absolute atomic E-state index is 6.38. The first-order valence-corrected chi connectivity index (χ1v) is 7.46. The van der Waals surface area contributed by atoms with Crippen LogP contribution in [-0.4, -0.2) is 30.4 Å². The summed E-state index contributed by atoms with van der Waals surface area (Å²) in [6, 6.07) is 0.0383. The van der Waals surface area contributed by atoms with Gasteiger partial charge in [0, 0.05) is 25.0 Å². The highest BCUT2D eigenvalue weighted by atomic mass is 32.1. The van der Waals surface area contributed by atoms with Crippen LogP contribution in [0.2, 0.25) is 0 Å². The molecule has 4 nitrogen and oxygen atoms in total. The quantitative estimate of drug-likeness (QED) is 0.891. The third-order valence-electron chi connectivity index (χ3n) is 4.08. The topological polar surface area (TPSA) is 57.4 Å². The van der Waals surface area contributed by atoms with Crippen molar-refractivity contribution < 1.29 is 9.47 Å². The summed E-state index contributed by atoms with van der Waals surface area (Å²) in [5, 5.41) is 3.18. The number of thiazole rings is 1. The highest BCUT2D eigenvalue weighted by molar-refractivity contribution is 7.09. The largest absolute Gasteiger partial charge is 0.378 e. The lowest BCUT2D eigenvalue weighted by Crippen LogP contribution is -2.43. The Hall–Kier alpha value is -0.490. The van der Waals surface area contributed by atoms with E-state index in [0.717, 1.165) is 49.8 Å². The van der Waals surface area contributed by atoms with Crippen molar-refractivity contribution >= 4 is 11.3 Å². The van der Waals surface area contributed by atoms with E-state index in [-0.39, 0.29) is 11.6 Å². The predicted octanol–water partition coefficient (Wildman–Crippen LogP) is 2.04. The number of ether oxygens (including phenoxy) is 2. The Morgan fingerprint density at radius 2 is 2.44 bits per heavy atom. The molecule has 0 aliphatic carbocycles. The van der Waals surface area contributed by atoms with Crippen LogP contribution in [-0.2, 0) is 9.47 Å². The molecule has 3 unspecified atom stereocenters. The Balaban J connectivity index is 1.72. The molecule has 3 heterocycles. The molecule has 1 aromatic heterocycles. The van der Waals surface area contributed by atoms with Gasteiger partial charge >= 0.3 is 0 Å². The lowest BCUT2D eigenvalue weighted by molar-refractivity contribution is -0.101. The molecule has 0 bridgehead atoms. The Morgan fingerprint density at radius 1 is 1.56 bits per heavy atom. The molecule has 3 rings (SSSR count). The minimum Gasteiger partial charge on any atom is -0.378 e. The number of nitrogens with two attached hydrogens (primary N) is 1. The van der Waals surface area contributed by atoms with Crippen LogP contribution in [0.5, 0.6) is 0 Å². The van der Waals surface area contributed by atoms with Crippen LogP contribution in [0.4, 0.5) is 0 Å². The Morgan fingerprint density at radius 3 is 3.11 bits per heavy atom. The predicted molar refractivity (Wildman–Crippen MR) is 70.6 cm³/mol. The highest BCUT2D eigenvalue weighted by Gasteiger charge is 2.42. The van der Waals surface area contributed by atoms with Gasteiger partial charge in [-0.1, -0.05) is 0 Å². The van der Waals surface area contributed by atoms with Crippen molar-refractivity contribution in [2.75, 3.05) is 19.8 Å². The van der Waals surface area contributed by atoms with Crippen LogP contribution >= 0.6 is 11.3 Å². The highest BCUT2D eigenvalue weighted by Crippen LogP contribution is 2.40. The van der Waals surface area contributed by atoms with E-state index in [9.17, 15) is 0 Å². The van der Waals surface area contributed by atoms with Gasteiger partial charge in [-0.2, -0.15) is 0 Å². The van der Waals surface area contributed by atoms with Gasteiger partial charge in [0.1, 0.15) is 0 Å². The Kier molecular flexibility index (Phi) is 3.40. The number of nitrogens with zero attached hydrogens (tertiary/aromatic N) is 1. The first-order chi connectivity index (χ1) is 8.69. The molecule has 2 N–H and O–H groups in total. The third kappa shape index (κ3) is 2.32. The van der Waals surface area contributed by atoms with Gasteiger partial charge in [-0.25, -0.2) is 4.98 Å². The average molecular weight is 268 g/mol. The second-order valence-electron chi connectivity index (χ2n) is 5.40. The molecule has 3 atom stereocenters. The van der Waals surface area contributed by atoms with E-state index in [1.807, 2.05) is 6.92 Å². The lowest BCUT2D eigenvalue weighted by Gasteiger charge is -2.39. The van der Waals surface area contributed by atoms with E-state index in [4.69, 9.17) is 15.2 Å². The van der Waals surface area contributed by atoms with Crippen molar-refractivity contribution in [2.45, 2.75) is 37.8 Å². The van der Waals surface area contributed by atoms with Crippen molar-refractivity contribution in [3.63, 3.8) is 0 Å². The zero-order valence-corrected chi connectivity index (χ0v) is 11.5. The number of hydrogen-bond donors (Lipinski definition) is 1. The molecule has 1 spiro atoms. The summed E-state index contributed by atoms with van der Waals surface area (Å²) in [5.74, 6) is 0.460. The van der Waals surface area contributed by atoms with Crippen molar-refractivity contribution in [2.24, 2.45) is 11.7 Å². The monoisotopic (exact) mass is 268 g/mol. The van der Waals surface area contributed by atoms with E-state index in [1.54, 1.807) is 11.3 Å². The van der Waals surface area contributed by atoms with Crippen molar-refractivity contribution in [1.29, 1.82) is 0 Å². The van der Waals surface area contributed by atoms with Crippen molar-refractivity contribution in [3.8, 4) is 0 Å². The molecule has 0 radical (unpaired) electrons. The Bertz CT molecular complexity index is 415. The molecule has 0 aromatic carbocycles. The van der Waals surface area contributed by atoms with Crippen LogP contribution in [0.3, 0.4) is 0 Å². The first-order valence-electron chi connectivity index (χ1n) is 6.58. The second kappa shape index (κ2) is 4.89. The fourth-order valence-corrected chi connectivity index (χ4v) is 3.67. The van der Waals surface area contributed by atoms with E-state index < -0.39 is 0 Å². The van der Waals surface area contributed by atoms with Gasteiger partial charge in [0.2, 0.25) is 0 Å². The molecule has 0 amide bonds. The fourth-order valence-electron chi connectivity index (χ4n) is 3.01. The summed E-state index contributed by atoms with van der Waals surface area (Å²) in [5.41, 5.74) is 7.36. The summed E-state index contributed by atoms with van der Waals surface area (Å²) >= 11 is 1.67. The molecule has 2 fully saturated rings. The van der Waals surface area contributed by atoms with Gasteiger partial charge in [-0.3, -0.25) is 0 Å². The van der Waals surface area contributed by atoms with E-state index in [2.05, 4.69) is 10.4 Å². The number of hydrogen-bond acceptors (Lipinski definition) is 5. The van der Waals surface area contributed by atoms with Gasteiger partial charge in [0.05, 0.1) is 29.0 Å². The van der Waals surface area contributed by atoms with Gasteiger partial charge < -0.3 is 15.2 Å². The maximum atomic E-state index is 6.38. The number of aromatic nitrogens is 1. The zero-order valence-electron chi connectivity index (χ0n) is 10.7. The molecule has 100 valence electrons. The minimum atomic E-state index is -0.0639. The maximum Gasteiger partial charge on any atom is 0.0940 e. The molecule has 2 aliphatic rings. The van der Waals surface area contributed by atoms with Crippen LogP contribution in [0.15, 0.2) is 5.38 Å². The summed E-state index contributed by atoms with van der Waals surface area (Å²) in [6.45, 7) is 4.37. The second-order valence-corrected chi connectivity index (χ2v) is 6.47. The summed E-state index contributed by atoms with van der Waals surface area (Å²) < 4.78 is 11.4. The molecule has 0 saturated carbocycles. The Labute approximate surface area is 111 Å². The third-order valence-corrected chi connectivity index (χ3v) is 4.88. The molecule has 2 aliphatic heterocycles. The smallest absolute Gasteiger partial charge is 0.0940 e. The minimum absolute atomic E-state index is 0.0383. The van der Waals surface area contributed by atoms with E-state index in [1.165, 1.54) is 0 Å². The van der Waals surface area contributed by atoms with Gasteiger partial charge in [-0.15, -0.1) is 11.3 Å². The summed E-state index contributed by atoms with van der Waals surface area (Å²) in [6.07, 6.45) is 3.04. The number of rotatable bonds is 2. The lowest BCUT2D eigenvalue weighted by atomic mass is 9.80. The number of aryl methyl sites for hydroxylation is 1. The standard InChI is InChI=1S/C13H20N2O2S/c1-9-15-11(7-18-9)12(14)10-2-4-17-13(6-10)3-5-16-8-13/h7,10,12H,2-6,8,14H2,1H3. The fraction of sp³-hybridized carbons (Fsp3) is 0.769. The van der Waals surface area contributed by atoms with Crippen LogP contribution in [0.25, 0.3) is 0 Å². The molecular formula is C13H20N2O2S. The summed E-state index contributed by atoms with van der Waals surface area (Å²) in [4.78, 5) is 4.52. The normalized spacial score (nSPS) is 34.0. The summed E-state index contributed by atoms with van der Waals surface area (Å²) in [7, 11) is 0. The molecule has 18 heavy (non-hydrogen) atoms. The van der Waals surface area contributed by atoms with Crippen molar-refractivity contribution in [1.82, 2.24) is 4.98 Å². The average Bonchev–Trinajstić information content (AvgIpc) is 2.98. The molecular weight excluding hydrogens is 248 g/mol. The molecule has 2 saturated heterocycles.